The van der Waals surface area contributed by atoms with E-state index >= 15 is 0 Å². The van der Waals surface area contributed by atoms with Gasteiger partial charge in [-0.05, 0) is 50.4 Å². The number of carbonyl (C=O) groups is 1. The van der Waals surface area contributed by atoms with E-state index in [0.29, 0.717) is 24.8 Å². The number of Topliss-reactive ketones (excluding diaryl/α,β-unsaturated/α-hetero) is 1. The van der Waals surface area contributed by atoms with Crippen molar-refractivity contribution in [1.29, 1.82) is 0 Å². The Balaban J connectivity index is 2.15. The number of ketones is 1. The van der Waals surface area contributed by atoms with Crippen molar-refractivity contribution in [3.63, 3.8) is 0 Å². The minimum atomic E-state index is -1.23. The fourth-order valence-corrected chi connectivity index (χ4v) is 5.59. The van der Waals surface area contributed by atoms with E-state index in [2.05, 4.69) is 20.4 Å². The van der Waals surface area contributed by atoms with Crippen molar-refractivity contribution in [1.82, 2.24) is 0 Å². The molecule has 0 aromatic rings. The Bertz CT molecular complexity index is 590. The third kappa shape index (κ3) is 1.93. The number of rotatable bonds is 1. The van der Waals surface area contributed by atoms with Gasteiger partial charge >= 0.3 is 0 Å². The third-order valence-corrected chi connectivity index (χ3v) is 7.54. The van der Waals surface area contributed by atoms with Gasteiger partial charge in [-0.2, -0.15) is 0 Å². The number of carbonyl (C=O) groups excluding carboxylic acids is 1. The zero-order valence-electron chi connectivity index (χ0n) is 14.9. The number of hydrogen-bond donors (Lipinski definition) is 2. The zero-order valence-corrected chi connectivity index (χ0v) is 14.9. The molecule has 3 rings (SSSR count). The van der Waals surface area contributed by atoms with Crippen molar-refractivity contribution in [3.8, 4) is 0 Å². The Labute approximate surface area is 139 Å². The lowest BCUT2D eigenvalue weighted by molar-refractivity contribution is -0.208. The summed E-state index contributed by atoms with van der Waals surface area (Å²) in [6, 6.07) is 0. The third-order valence-electron chi connectivity index (χ3n) is 7.54. The van der Waals surface area contributed by atoms with Crippen LogP contribution in [0.5, 0.6) is 0 Å². The second-order valence-electron chi connectivity index (χ2n) is 9.04. The van der Waals surface area contributed by atoms with Crippen LogP contribution in [0.4, 0.5) is 0 Å². The van der Waals surface area contributed by atoms with E-state index in [-0.39, 0.29) is 17.1 Å². The van der Waals surface area contributed by atoms with Gasteiger partial charge in [0.1, 0.15) is 5.60 Å². The Morgan fingerprint density at radius 3 is 2.48 bits per heavy atom. The maximum Gasteiger partial charge on any atom is 0.171 e. The highest BCUT2D eigenvalue weighted by Gasteiger charge is 2.66. The normalized spacial score (nSPS) is 49.0. The van der Waals surface area contributed by atoms with Crippen LogP contribution in [0.2, 0.25) is 0 Å². The van der Waals surface area contributed by atoms with E-state index in [0.717, 1.165) is 12.8 Å². The predicted octanol–water partition coefficient (Wildman–Crippen LogP) is 3.41. The molecule has 2 fully saturated rings. The molecule has 0 bridgehead atoms. The molecule has 3 nitrogen and oxygen atoms in total. The molecule has 5 atom stereocenters. The van der Waals surface area contributed by atoms with Gasteiger partial charge in [-0.15, -0.1) is 6.58 Å². The minimum absolute atomic E-state index is 0.0171. The molecular formula is C20H30O3. The summed E-state index contributed by atoms with van der Waals surface area (Å²) in [4.78, 5) is 13.0. The van der Waals surface area contributed by atoms with Gasteiger partial charge in [0.15, 0.2) is 5.78 Å². The predicted molar refractivity (Wildman–Crippen MR) is 90.8 cm³/mol. The summed E-state index contributed by atoms with van der Waals surface area (Å²) in [5.74, 6) is 0.157. The summed E-state index contributed by atoms with van der Waals surface area (Å²) in [7, 11) is 0. The quantitative estimate of drug-likeness (QED) is 0.729. The van der Waals surface area contributed by atoms with E-state index in [1.807, 2.05) is 19.9 Å². The molecular weight excluding hydrogens is 288 g/mol. The number of aliphatic hydroxyl groups is 2. The van der Waals surface area contributed by atoms with Crippen LogP contribution in [-0.2, 0) is 4.79 Å². The first-order valence-electron chi connectivity index (χ1n) is 8.82. The van der Waals surface area contributed by atoms with Crippen molar-refractivity contribution in [2.45, 2.75) is 71.5 Å². The second-order valence-corrected chi connectivity index (χ2v) is 9.04. The summed E-state index contributed by atoms with van der Waals surface area (Å²) in [6.07, 6.45) is 6.56. The minimum Gasteiger partial charge on any atom is -0.392 e. The molecule has 3 aliphatic carbocycles. The molecule has 0 aliphatic heterocycles. The smallest absolute Gasteiger partial charge is 0.171 e. The van der Waals surface area contributed by atoms with Gasteiger partial charge < -0.3 is 10.2 Å². The molecule has 3 aliphatic rings. The lowest BCUT2D eigenvalue weighted by atomic mass is 9.43. The van der Waals surface area contributed by atoms with E-state index in [1.54, 1.807) is 6.08 Å². The topological polar surface area (TPSA) is 57.5 Å². The largest absolute Gasteiger partial charge is 0.392 e. The number of aliphatic hydroxyl groups excluding tert-OH is 1. The molecule has 0 heterocycles. The van der Waals surface area contributed by atoms with E-state index in [9.17, 15) is 15.0 Å². The van der Waals surface area contributed by atoms with Gasteiger partial charge in [0, 0.05) is 16.4 Å². The van der Waals surface area contributed by atoms with Crippen molar-refractivity contribution >= 4 is 5.78 Å². The molecule has 0 unspecified atom stereocenters. The van der Waals surface area contributed by atoms with Gasteiger partial charge in [0.2, 0.25) is 0 Å². The van der Waals surface area contributed by atoms with Crippen molar-refractivity contribution in [2.24, 2.45) is 22.2 Å². The first-order valence-corrected chi connectivity index (χ1v) is 8.82. The Kier molecular flexibility index (Phi) is 3.53. The van der Waals surface area contributed by atoms with Crippen LogP contribution in [0, 0.1) is 22.2 Å². The maximum atomic E-state index is 13.0. The molecule has 2 saturated carbocycles. The van der Waals surface area contributed by atoms with Gasteiger partial charge in [-0.25, -0.2) is 0 Å². The van der Waals surface area contributed by atoms with Crippen molar-refractivity contribution in [3.05, 3.63) is 24.3 Å². The molecule has 0 amide bonds. The second kappa shape index (κ2) is 4.80. The zero-order chi connectivity index (χ0) is 17.3. The first kappa shape index (κ1) is 16.9. The van der Waals surface area contributed by atoms with E-state index < -0.39 is 22.5 Å². The molecule has 0 aromatic heterocycles. The highest BCUT2D eigenvalue weighted by Crippen LogP contribution is 2.64. The Morgan fingerprint density at radius 2 is 1.87 bits per heavy atom. The van der Waals surface area contributed by atoms with Crippen LogP contribution in [0.25, 0.3) is 0 Å². The number of hydrogen-bond acceptors (Lipinski definition) is 3. The molecule has 128 valence electrons. The summed E-state index contributed by atoms with van der Waals surface area (Å²) in [6.45, 7) is 12.2. The first-order chi connectivity index (χ1) is 10.5. The summed E-state index contributed by atoms with van der Waals surface area (Å²) < 4.78 is 0. The van der Waals surface area contributed by atoms with Gasteiger partial charge in [0.05, 0.1) is 6.10 Å². The standard InChI is InChI=1S/C20H30O3/c1-6-18(4)11-12-20(23)13(16(18)22)7-8-14-17(2,3)10-9-15(21)19(14,20)5/h6-7,14-15,21,23H,1,8-12H2,2-5H3/t14-,15-,18+,19+,20+/m1/s1. The molecule has 0 aromatic carbocycles. The molecule has 0 saturated heterocycles. The lowest BCUT2D eigenvalue weighted by Crippen LogP contribution is -2.67. The van der Waals surface area contributed by atoms with E-state index in [1.165, 1.54) is 0 Å². The lowest BCUT2D eigenvalue weighted by Gasteiger charge is -2.63. The molecule has 0 spiro atoms. The highest BCUT2D eigenvalue weighted by molar-refractivity contribution is 6.03. The molecule has 23 heavy (non-hydrogen) atoms. The van der Waals surface area contributed by atoms with Crippen LogP contribution in [0.15, 0.2) is 24.3 Å². The fraction of sp³-hybridized carbons (Fsp3) is 0.750. The monoisotopic (exact) mass is 318 g/mol. The van der Waals surface area contributed by atoms with Crippen molar-refractivity contribution < 1.29 is 15.0 Å². The maximum absolute atomic E-state index is 13.0. The van der Waals surface area contributed by atoms with Crippen LogP contribution in [0.1, 0.15) is 59.8 Å². The summed E-state index contributed by atoms with van der Waals surface area (Å²) >= 11 is 0. The highest BCUT2D eigenvalue weighted by atomic mass is 16.3. The SMILES string of the molecule is C=C[C@@]1(C)CC[C@]2(O)C(=CC[C@@H]3C(C)(C)CC[C@@H](O)[C@]32C)C1=O. The fourth-order valence-electron chi connectivity index (χ4n) is 5.59. The molecule has 2 N–H and O–H groups in total. The molecule has 0 radical (unpaired) electrons. The van der Waals surface area contributed by atoms with E-state index in [4.69, 9.17) is 0 Å². The van der Waals surface area contributed by atoms with Gasteiger partial charge in [-0.1, -0.05) is 32.9 Å². The summed E-state index contributed by atoms with van der Waals surface area (Å²) in [5, 5.41) is 22.5. The van der Waals surface area contributed by atoms with Crippen LogP contribution < -0.4 is 0 Å². The van der Waals surface area contributed by atoms with Crippen LogP contribution in [-0.4, -0.2) is 27.7 Å². The Morgan fingerprint density at radius 1 is 1.22 bits per heavy atom. The average molecular weight is 318 g/mol. The average Bonchev–Trinajstić information content (AvgIpc) is 2.50. The number of allylic oxidation sites excluding steroid dienone is 2. The molecule has 3 heteroatoms. The van der Waals surface area contributed by atoms with Crippen LogP contribution >= 0.6 is 0 Å². The Hall–Kier alpha value is -0.930. The number of fused-ring (bicyclic) bond motifs is 3. The van der Waals surface area contributed by atoms with Crippen molar-refractivity contribution in [2.75, 3.05) is 0 Å². The van der Waals surface area contributed by atoms with Gasteiger partial charge in [-0.3, -0.25) is 4.79 Å². The summed E-state index contributed by atoms with van der Waals surface area (Å²) in [5.41, 5.74) is -1.93. The van der Waals surface area contributed by atoms with Crippen LogP contribution in [0.3, 0.4) is 0 Å². The van der Waals surface area contributed by atoms with Gasteiger partial charge in [0.25, 0.3) is 0 Å².